The third-order valence-corrected chi connectivity index (χ3v) is 9.32. The van der Waals surface area contributed by atoms with Crippen molar-refractivity contribution in [1.82, 2.24) is 0 Å². The predicted molar refractivity (Wildman–Crippen MR) is 114 cm³/mol. The topological polar surface area (TPSA) is 96.0 Å². The molecule has 0 N–H and O–H groups in total. The Kier molecular flexibility index (Phi) is 5.91. The summed E-state index contributed by atoms with van der Waals surface area (Å²) in [6, 6.07) is 0. The number of rotatable bonds is 3. The summed E-state index contributed by atoms with van der Waals surface area (Å²) in [5, 5.41) is 0. The van der Waals surface area contributed by atoms with E-state index in [1.165, 1.54) is 20.8 Å². The molecule has 32 heavy (non-hydrogen) atoms. The molecule has 0 aromatic heterocycles. The molecule has 0 aromatic rings. The summed E-state index contributed by atoms with van der Waals surface area (Å²) in [7, 11) is 0. The predicted octanol–water partition coefficient (Wildman–Crippen LogP) is 3.61. The molecular formula is C25H36O7. The Morgan fingerprint density at radius 1 is 0.875 bits per heavy atom. The van der Waals surface area contributed by atoms with Gasteiger partial charge >= 0.3 is 17.9 Å². The van der Waals surface area contributed by atoms with E-state index in [-0.39, 0.29) is 71.1 Å². The molecule has 0 aliphatic heterocycles. The molecule has 7 nitrogen and oxygen atoms in total. The van der Waals surface area contributed by atoms with Crippen LogP contribution < -0.4 is 0 Å². The van der Waals surface area contributed by atoms with E-state index in [1.807, 2.05) is 0 Å². The Morgan fingerprint density at radius 3 is 2.16 bits per heavy atom. The lowest BCUT2D eigenvalue weighted by Crippen LogP contribution is -2.61. The fourth-order valence-electron chi connectivity index (χ4n) is 8.09. The molecule has 0 saturated heterocycles. The summed E-state index contributed by atoms with van der Waals surface area (Å²) in [6.07, 6.45) is 4.11. The number of esters is 3. The highest BCUT2D eigenvalue weighted by Gasteiger charge is 2.66. The number of carbonyl (C=O) groups is 4. The van der Waals surface area contributed by atoms with Crippen LogP contribution in [-0.4, -0.2) is 42.0 Å². The normalized spacial score (nSPS) is 45.2. The lowest BCUT2D eigenvalue weighted by Gasteiger charge is -2.62. The van der Waals surface area contributed by atoms with Crippen molar-refractivity contribution in [3.8, 4) is 0 Å². The van der Waals surface area contributed by atoms with Crippen molar-refractivity contribution in [3.63, 3.8) is 0 Å². The highest BCUT2D eigenvalue weighted by molar-refractivity contribution is 5.88. The number of ether oxygens (including phenoxy) is 3. The van der Waals surface area contributed by atoms with Crippen LogP contribution in [0.2, 0.25) is 0 Å². The van der Waals surface area contributed by atoms with E-state index in [0.29, 0.717) is 12.8 Å². The molecule has 0 spiro atoms. The summed E-state index contributed by atoms with van der Waals surface area (Å²) in [4.78, 5) is 48.5. The van der Waals surface area contributed by atoms with Gasteiger partial charge in [-0.2, -0.15) is 0 Å². The molecule has 0 bridgehead atoms. The van der Waals surface area contributed by atoms with Crippen LogP contribution in [0.15, 0.2) is 0 Å². The van der Waals surface area contributed by atoms with Crippen molar-refractivity contribution < 1.29 is 33.4 Å². The third kappa shape index (κ3) is 3.65. The molecule has 4 rings (SSSR count). The van der Waals surface area contributed by atoms with Gasteiger partial charge in [0.2, 0.25) is 0 Å². The van der Waals surface area contributed by atoms with Gasteiger partial charge in [0.05, 0.1) is 0 Å². The van der Waals surface area contributed by atoms with Crippen LogP contribution in [0.25, 0.3) is 0 Å². The van der Waals surface area contributed by atoms with E-state index in [0.717, 1.165) is 32.1 Å². The van der Waals surface area contributed by atoms with Gasteiger partial charge in [0.1, 0.15) is 24.1 Å². The number of carbonyl (C=O) groups excluding carboxylic acids is 4. The standard InChI is InChI=1S/C25H36O7/c1-13(26)30-17-10-16-6-7-18-19(25(16,5)22(11-17)32-15(3)28)8-9-24(4)21(29)12-20(23(18)24)31-14(2)27/h16-20,22-23H,6-12H2,1-5H3/t16-,17-,18+,19-,20-,22-,23+,24+,25-/m0/s1. The Hall–Kier alpha value is -1.92. The first-order valence-corrected chi connectivity index (χ1v) is 12.0. The maximum Gasteiger partial charge on any atom is 0.302 e. The van der Waals surface area contributed by atoms with Crippen molar-refractivity contribution in [2.45, 2.75) is 97.9 Å². The Morgan fingerprint density at radius 2 is 1.53 bits per heavy atom. The summed E-state index contributed by atoms with van der Waals surface area (Å²) in [6.45, 7) is 8.53. The highest BCUT2D eigenvalue weighted by atomic mass is 16.6. The van der Waals surface area contributed by atoms with Gasteiger partial charge in [-0.3, -0.25) is 19.2 Å². The van der Waals surface area contributed by atoms with E-state index < -0.39 is 5.41 Å². The SMILES string of the molecule is CC(=O)O[C@H]1C[C@@H]2CC[C@H]3[C@@H]4[C@@H](OC(C)=O)CC(=O)[C@@]4(C)CC[C@@H]3[C@@]2(C)[C@@H](OC(C)=O)C1. The number of fused-ring (bicyclic) bond motifs is 5. The molecule has 0 aromatic carbocycles. The minimum Gasteiger partial charge on any atom is -0.462 e. The summed E-state index contributed by atoms with van der Waals surface area (Å²) >= 11 is 0. The van der Waals surface area contributed by atoms with Crippen LogP contribution in [0.1, 0.15) is 79.6 Å². The van der Waals surface area contributed by atoms with Crippen molar-refractivity contribution in [3.05, 3.63) is 0 Å². The molecule has 4 aliphatic carbocycles. The van der Waals surface area contributed by atoms with Gasteiger partial charge in [-0.25, -0.2) is 0 Å². The van der Waals surface area contributed by atoms with E-state index in [9.17, 15) is 19.2 Å². The molecule has 0 heterocycles. The quantitative estimate of drug-likeness (QED) is 0.481. The fraction of sp³-hybridized carbons (Fsp3) is 0.840. The van der Waals surface area contributed by atoms with Crippen LogP contribution in [0, 0.1) is 34.5 Å². The average molecular weight is 449 g/mol. The molecule has 0 unspecified atom stereocenters. The number of hydrogen-bond donors (Lipinski definition) is 0. The molecule has 7 heteroatoms. The fourth-order valence-corrected chi connectivity index (χ4v) is 8.09. The first-order valence-electron chi connectivity index (χ1n) is 12.0. The lowest BCUT2D eigenvalue weighted by atomic mass is 9.44. The number of ketones is 1. The number of Topliss-reactive ketones (excluding diaryl/α,β-unsaturated/α-hetero) is 1. The lowest BCUT2D eigenvalue weighted by molar-refractivity contribution is -0.209. The minimum absolute atomic E-state index is 0.000374. The first kappa shape index (κ1) is 23.2. The maximum atomic E-state index is 13.0. The van der Waals surface area contributed by atoms with Crippen molar-refractivity contribution in [2.75, 3.05) is 0 Å². The molecule has 0 amide bonds. The second-order valence-electron chi connectivity index (χ2n) is 11.0. The molecule has 4 aliphatic rings. The smallest absolute Gasteiger partial charge is 0.302 e. The minimum atomic E-state index is -0.462. The Bertz CT molecular complexity index is 821. The van der Waals surface area contributed by atoms with Gasteiger partial charge in [0.15, 0.2) is 0 Å². The van der Waals surface area contributed by atoms with Crippen LogP contribution in [0.4, 0.5) is 0 Å². The van der Waals surface area contributed by atoms with Gasteiger partial charge in [-0.05, 0) is 49.9 Å². The summed E-state index contributed by atoms with van der Waals surface area (Å²) < 4.78 is 17.1. The zero-order valence-electron chi connectivity index (χ0n) is 19.8. The Labute approximate surface area is 189 Å². The zero-order valence-corrected chi connectivity index (χ0v) is 19.8. The van der Waals surface area contributed by atoms with Gasteiger partial charge in [-0.1, -0.05) is 13.8 Å². The second-order valence-corrected chi connectivity index (χ2v) is 11.0. The monoisotopic (exact) mass is 448 g/mol. The zero-order chi connectivity index (χ0) is 23.4. The van der Waals surface area contributed by atoms with E-state index in [4.69, 9.17) is 14.2 Å². The number of hydrogen-bond acceptors (Lipinski definition) is 7. The van der Waals surface area contributed by atoms with Crippen LogP contribution in [0.3, 0.4) is 0 Å². The average Bonchev–Trinajstić information content (AvgIpc) is 2.91. The molecule has 178 valence electrons. The first-order chi connectivity index (χ1) is 15.0. The highest BCUT2D eigenvalue weighted by Crippen LogP contribution is 2.66. The molecule has 0 radical (unpaired) electrons. The van der Waals surface area contributed by atoms with E-state index in [1.54, 1.807) is 0 Å². The van der Waals surface area contributed by atoms with Crippen LogP contribution >= 0.6 is 0 Å². The Balaban J connectivity index is 1.68. The maximum absolute atomic E-state index is 13.0. The van der Waals surface area contributed by atoms with E-state index in [2.05, 4.69) is 13.8 Å². The van der Waals surface area contributed by atoms with Gasteiger partial charge in [0, 0.05) is 50.4 Å². The van der Waals surface area contributed by atoms with Gasteiger partial charge in [0.25, 0.3) is 0 Å². The largest absolute Gasteiger partial charge is 0.462 e. The summed E-state index contributed by atoms with van der Waals surface area (Å²) in [5.74, 6) is -0.0196. The van der Waals surface area contributed by atoms with Crippen molar-refractivity contribution >= 4 is 23.7 Å². The van der Waals surface area contributed by atoms with Crippen LogP contribution in [0.5, 0.6) is 0 Å². The van der Waals surface area contributed by atoms with E-state index >= 15 is 0 Å². The van der Waals surface area contributed by atoms with Crippen molar-refractivity contribution in [1.29, 1.82) is 0 Å². The molecular weight excluding hydrogens is 412 g/mol. The van der Waals surface area contributed by atoms with Crippen molar-refractivity contribution in [2.24, 2.45) is 34.5 Å². The van der Waals surface area contributed by atoms with Gasteiger partial charge in [-0.15, -0.1) is 0 Å². The molecule has 4 fully saturated rings. The van der Waals surface area contributed by atoms with Crippen LogP contribution in [-0.2, 0) is 33.4 Å². The summed E-state index contributed by atoms with van der Waals surface area (Å²) in [5.41, 5.74) is -0.727. The second kappa shape index (κ2) is 8.14. The molecule has 4 saturated carbocycles. The van der Waals surface area contributed by atoms with Gasteiger partial charge < -0.3 is 14.2 Å². The third-order valence-electron chi connectivity index (χ3n) is 9.32. The molecule has 9 atom stereocenters.